The lowest BCUT2D eigenvalue weighted by molar-refractivity contribution is 0.123. The number of hydrogen-bond acceptors (Lipinski definition) is 9. The smallest absolute Gasteiger partial charge is 0.213 e. The lowest BCUT2D eigenvalue weighted by atomic mass is 10.1. The van der Waals surface area contributed by atoms with Gasteiger partial charge in [0.15, 0.2) is 0 Å². The van der Waals surface area contributed by atoms with Crippen LogP contribution in [-0.2, 0) is 0 Å². The van der Waals surface area contributed by atoms with Crippen LogP contribution in [0.1, 0.15) is 25.5 Å². The van der Waals surface area contributed by atoms with E-state index in [1.165, 1.54) is 6.20 Å². The minimum atomic E-state index is -0.600. The van der Waals surface area contributed by atoms with Crippen molar-refractivity contribution in [1.29, 1.82) is 5.26 Å². The molecule has 0 saturated carbocycles. The number of pyridine rings is 3. The predicted octanol–water partition coefficient (Wildman–Crippen LogP) is 3.48. The molecule has 1 unspecified atom stereocenters. The van der Waals surface area contributed by atoms with Crippen molar-refractivity contribution in [2.45, 2.75) is 32.0 Å². The summed E-state index contributed by atoms with van der Waals surface area (Å²) >= 11 is 0. The third-order valence-electron chi connectivity index (χ3n) is 6.22. The van der Waals surface area contributed by atoms with Gasteiger partial charge in [-0.15, -0.1) is 0 Å². The number of aliphatic hydroxyl groups excluding tert-OH is 1. The zero-order chi connectivity index (χ0) is 25.8. The Balaban J connectivity index is 1.30. The van der Waals surface area contributed by atoms with E-state index in [1.54, 1.807) is 43.0 Å². The molecule has 0 amide bonds. The fourth-order valence-corrected chi connectivity index (χ4v) is 4.36. The molecule has 0 radical (unpaired) electrons. The highest BCUT2D eigenvalue weighted by atomic mass is 16.5. The largest absolute Gasteiger partial charge is 0.491 e. The molecule has 1 saturated heterocycles. The second-order valence-corrected chi connectivity index (χ2v) is 8.93. The highest BCUT2D eigenvalue weighted by Crippen LogP contribution is 2.29. The van der Waals surface area contributed by atoms with Crippen molar-refractivity contribution in [2.24, 2.45) is 0 Å². The van der Waals surface area contributed by atoms with Gasteiger partial charge in [-0.2, -0.15) is 5.26 Å². The van der Waals surface area contributed by atoms with Gasteiger partial charge in [0.2, 0.25) is 5.88 Å². The number of rotatable bonds is 8. The van der Waals surface area contributed by atoms with E-state index in [2.05, 4.69) is 20.9 Å². The molecule has 5 rings (SSSR count). The van der Waals surface area contributed by atoms with E-state index in [0.717, 1.165) is 48.8 Å². The molecule has 5 heterocycles. The summed E-state index contributed by atoms with van der Waals surface area (Å²) in [5, 5.41) is 19.2. The minimum absolute atomic E-state index is 0.119. The van der Waals surface area contributed by atoms with Gasteiger partial charge in [0.1, 0.15) is 47.4 Å². The van der Waals surface area contributed by atoms with Crippen LogP contribution in [0.4, 0.5) is 5.82 Å². The Morgan fingerprint density at radius 2 is 1.89 bits per heavy atom. The van der Waals surface area contributed by atoms with E-state index in [-0.39, 0.29) is 12.7 Å². The van der Waals surface area contributed by atoms with Gasteiger partial charge in [0, 0.05) is 55.9 Å². The third kappa shape index (κ3) is 5.42. The maximum Gasteiger partial charge on any atom is 0.213 e. The van der Waals surface area contributed by atoms with Gasteiger partial charge in [0.25, 0.3) is 0 Å². The molecule has 0 spiro atoms. The average molecular weight is 501 g/mol. The van der Waals surface area contributed by atoms with Crippen molar-refractivity contribution in [2.75, 3.05) is 31.7 Å². The van der Waals surface area contributed by atoms with Crippen molar-refractivity contribution in [3.63, 3.8) is 0 Å². The number of ether oxygens (including phenoxy) is 3. The number of anilines is 1. The normalized spacial score (nSPS) is 14.8. The molecule has 1 atom stereocenters. The van der Waals surface area contributed by atoms with E-state index in [1.807, 2.05) is 24.3 Å². The number of nitrogens with zero attached hydrogens (tertiary/aromatic N) is 6. The highest BCUT2D eigenvalue weighted by molar-refractivity contribution is 5.68. The molecule has 0 aliphatic carbocycles. The lowest BCUT2D eigenvalue weighted by Crippen LogP contribution is -2.38. The number of hydrogen-bond donors (Lipinski definition) is 1. The summed E-state index contributed by atoms with van der Waals surface area (Å²) < 4.78 is 18.7. The maximum absolute atomic E-state index is 9.60. The van der Waals surface area contributed by atoms with E-state index in [9.17, 15) is 10.4 Å². The van der Waals surface area contributed by atoms with E-state index in [4.69, 9.17) is 19.2 Å². The quantitative estimate of drug-likeness (QED) is 0.388. The first kappa shape index (κ1) is 24.3. The number of piperidine rings is 1. The number of imidazole rings is 1. The van der Waals surface area contributed by atoms with Gasteiger partial charge in [-0.3, -0.25) is 4.40 Å². The first-order valence-electron chi connectivity index (χ1n) is 12.1. The Morgan fingerprint density at radius 1 is 1.05 bits per heavy atom. The molecule has 10 heteroatoms. The summed E-state index contributed by atoms with van der Waals surface area (Å²) in [6.45, 7) is 3.48. The van der Waals surface area contributed by atoms with Crippen molar-refractivity contribution >= 4 is 11.5 Å². The second-order valence-electron chi connectivity index (χ2n) is 8.93. The Hall–Kier alpha value is -4.36. The molecule has 4 aromatic rings. The molecule has 1 aliphatic heterocycles. The van der Waals surface area contributed by atoms with Crippen molar-refractivity contribution < 1.29 is 19.3 Å². The van der Waals surface area contributed by atoms with Crippen molar-refractivity contribution in [1.82, 2.24) is 19.4 Å². The molecule has 0 bridgehead atoms. The molecule has 0 aromatic carbocycles. The Labute approximate surface area is 214 Å². The van der Waals surface area contributed by atoms with E-state index < -0.39 is 6.10 Å². The predicted molar refractivity (Wildman–Crippen MR) is 137 cm³/mol. The molecular formula is C27H28N6O4. The molecule has 1 aliphatic rings. The molecule has 10 nitrogen and oxygen atoms in total. The van der Waals surface area contributed by atoms with Crippen LogP contribution in [0.25, 0.3) is 16.9 Å². The molecule has 190 valence electrons. The van der Waals surface area contributed by atoms with Gasteiger partial charge >= 0.3 is 0 Å². The number of fused-ring (bicyclic) bond motifs is 1. The topological polar surface area (TPSA) is 118 Å². The van der Waals surface area contributed by atoms with Crippen LogP contribution in [-0.4, -0.2) is 63.5 Å². The minimum Gasteiger partial charge on any atom is -0.491 e. The Bertz CT molecular complexity index is 1390. The average Bonchev–Trinajstić information content (AvgIpc) is 3.35. The number of methoxy groups -OCH3 is 1. The fourth-order valence-electron chi connectivity index (χ4n) is 4.36. The number of aromatic nitrogens is 4. The van der Waals surface area contributed by atoms with Crippen LogP contribution in [0.5, 0.6) is 17.4 Å². The van der Waals surface area contributed by atoms with E-state index >= 15 is 0 Å². The first-order chi connectivity index (χ1) is 18.0. The lowest BCUT2D eigenvalue weighted by Gasteiger charge is -2.33. The first-order valence-corrected chi connectivity index (χ1v) is 12.1. The summed E-state index contributed by atoms with van der Waals surface area (Å²) in [4.78, 5) is 15.5. The van der Waals surface area contributed by atoms with Gasteiger partial charge in [-0.25, -0.2) is 15.0 Å². The number of aliphatic hydroxyl groups is 1. The van der Waals surface area contributed by atoms with Crippen molar-refractivity contribution in [3.05, 3.63) is 60.7 Å². The Morgan fingerprint density at radius 3 is 2.54 bits per heavy atom. The SMILES string of the molecule is COc1ccc(OC2CCN(c3ccc(-c4cc(OCC(C)O)cc5ncc(C#N)n45)cn3)CC2)cn1. The third-order valence-corrected chi connectivity index (χ3v) is 6.22. The zero-order valence-electron chi connectivity index (χ0n) is 20.7. The maximum atomic E-state index is 9.60. The second kappa shape index (κ2) is 10.7. The summed E-state index contributed by atoms with van der Waals surface area (Å²) in [5.41, 5.74) is 2.58. The van der Waals surface area contributed by atoms with Crippen LogP contribution in [0.15, 0.2) is 55.0 Å². The Kier molecular flexibility index (Phi) is 7.05. The van der Waals surface area contributed by atoms with Crippen LogP contribution in [0.3, 0.4) is 0 Å². The molecule has 4 aromatic heterocycles. The van der Waals surface area contributed by atoms with Crippen molar-refractivity contribution in [3.8, 4) is 34.7 Å². The summed E-state index contributed by atoms with van der Waals surface area (Å²) in [5.74, 6) is 2.76. The molecule has 37 heavy (non-hydrogen) atoms. The van der Waals surface area contributed by atoms with Gasteiger partial charge in [-0.05, 0) is 25.1 Å². The van der Waals surface area contributed by atoms with Crippen LogP contribution >= 0.6 is 0 Å². The summed E-state index contributed by atoms with van der Waals surface area (Å²) in [6.07, 6.45) is 6.29. The molecule has 1 fully saturated rings. The van der Waals surface area contributed by atoms with Gasteiger partial charge < -0.3 is 24.2 Å². The summed E-state index contributed by atoms with van der Waals surface area (Å²) in [6, 6.07) is 13.4. The van der Waals surface area contributed by atoms with E-state index in [0.29, 0.717) is 23.0 Å². The standard InChI is InChI=1S/C27H28N6O4/c1-18(34)17-36-23-11-24(33-20(13-28)15-30-26(33)12-23)19-3-5-25(29-14-19)32-9-7-21(8-10-32)37-22-4-6-27(35-2)31-16-22/h3-6,11-12,14-16,18,21,34H,7-10,17H2,1-2H3. The molecule has 1 N–H and O–H groups in total. The van der Waals surface area contributed by atoms with Gasteiger partial charge in [-0.1, -0.05) is 0 Å². The van der Waals surface area contributed by atoms with Crippen LogP contribution < -0.4 is 19.1 Å². The number of nitriles is 1. The molecular weight excluding hydrogens is 472 g/mol. The van der Waals surface area contributed by atoms with Gasteiger partial charge in [0.05, 0.1) is 31.3 Å². The van der Waals surface area contributed by atoms with Crippen LogP contribution in [0, 0.1) is 11.3 Å². The fraction of sp³-hybridized carbons (Fsp3) is 0.333. The van der Waals surface area contributed by atoms with Crippen LogP contribution in [0.2, 0.25) is 0 Å². The highest BCUT2D eigenvalue weighted by Gasteiger charge is 2.22. The zero-order valence-corrected chi connectivity index (χ0v) is 20.7. The monoisotopic (exact) mass is 500 g/mol. The summed E-state index contributed by atoms with van der Waals surface area (Å²) in [7, 11) is 1.59.